The van der Waals surface area contributed by atoms with Crippen LogP contribution in [0, 0.1) is 11.6 Å². The Morgan fingerprint density at radius 2 is 1.97 bits per heavy atom. The van der Waals surface area contributed by atoms with Gasteiger partial charge >= 0.3 is 6.03 Å². The summed E-state index contributed by atoms with van der Waals surface area (Å²) < 4.78 is 34.9. The highest BCUT2D eigenvalue weighted by Crippen LogP contribution is 2.31. The van der Waals surface area contributed by atoms with Crippen molar-refractivity contribution in [3.8, 4) is 5.88 Å². The first-order valence-electron chi connectivity index (χ1n) is 9.60. The Kier molecular flexibility index (Phi) is 4.53. The fourth-order valence-corrected chi connectivity index (χ4v) is 3.86. The molecule has 0 spiro atoms. The third kappa shape index (κ3) is 3.34. The second-order valence-corrected chi connectivity index (χ2v) is 7.24. The van der Waals surface area contributed by atoms with Gasteiger partial charge in [0.25, 0.3) is 0 Å². The largest absolute Gasteiger partial charge is 0.472 e. The number of amides is 2. The number of urea groups is 1. The third-order valence-corrected chi connectivity index (χ3v) is 5.25. The number of hydrogen-bond acceptors (Lipinski definition) is 5. The molecule has 1 fully saturated rings. The number of ether oxygens (including phenoxy) is 1. The minimum absolute atomic E-state index is 0.208. The van der Waals surface area contributed by atoms with E-state index in [4.69, 9.17) is 4.74 Å². The lowest BCUT2D eigenvalue weighted by Gasteiger charge is -2.27. The minimum atomic E-state index is -0.679. The van der Waals surface area contributed by atoms with Crippen LogP contribution in [0.4, 0.5) is 13.6 Å². The number of aromatic nitrogens is 3. The number of hydrogen-bond donors (Lipinski definition) is 0. The lowest BCUT2D eigenvalue weighted by molar-refractivity contribution is 0.141. The van der Waals surface area contributed by atoms with Gasteiger partial charge < -0.3 is 9.64 Å². The first kappa shape index (κ1) is 18.5. The van der Waals surface area contributed by atoms with Gasteiger partial charge in [0, 0.05) is 50.0 Å². The third-order valence-electron chi connectivity index (χ3n) is 5.25. The Bertz CT molecular complexity index is 1110. The number of nitrogens with zero attached hydrogens (tertiary/aromatic N) is 6. The topological polar surface area (TPSA) is 75.3 Å². The normalized spacial score (nSPS) is 21.0. The van der Waals surface area contributed by atoms with Gasteiger partial charge in [-0.3, -0.25) is 0 Å². The Balaban J connectivity index is 1.28. The quantitative estimate of drug-likeness (QED) is 0.663. The first-order valence-corrected chi connectivity index (χ1v) is 9.60. The van der Waals surface area contributed by atoms with Crippen LogP contribution in [0.2, 0.25) is 0 Å². The zero-order valence-corrected chi connectivity index (χ0v) is 15.9. The molecule has 0 radical (unpaired) electrons. The molecule has 2 aliphatic heterocycles. The van der Waals surface area contributed by atoms with E-state index in [9.17, 15) is 13.6 Å². The molecule has 2 aliphatic rings. The number of hydrazone groups is 1. The van der Waals surface area contributed by atoms with Crippen LogP contribution in [0.15, 0.2) is 47.8 Å². The van der Waals surface area contributed by atoms with E-state index in [0.29, 0.717) is 43.0 Å². The molecule has 5 rings (SSSR count). The van der Waals surface area contributed by atoms with E-state index in [2.05, 4.69) is 15.2 Å². The van der Waals surface area contributed by atoms with E-state index in [1.54, 1.807) is 40.2 Å². The second-order valence-electron chi connectivity index (χ2n) is 7.24. The summed E-state index contributed by atoms with van der Waals surface area (Å²) in [7, 11) is 0. The Morgan fingerprint density at radius 3 is 2.80 bits per heavy atom. The summed E-state index contributed by atoms with van der Waals surface area (Å²) in [6, 6.07) is 5.93. The molecule has 1 saturated heterocycles. The van der Waals surface area contributed by atoms with Crippen LogP contribution in [0.5, 0.6) is 5.88 Å². The van der Waals surface area contributed by atoms with Crippen molar-refractivity contribution in [2.45, 2.75) is 25.0 Å². The Labute approximate surface area is 170 Å². The van der Waals surface area contributed by atoms with Crippen molar-refractivity contribution >= 4 is 17.9 Å². The van der Waals surface area contributed by atoms with Crippen LogP contribution in [-0.2, 0) is 0 Å². The molecule has 0 N–H and O–H groups in total. The van der Waals surface area contributed by atoms with Crippen molar-refractivity contribution in [3.63, 3.8) is 0 Å². The molecule has 2 atom stereocenters. The molecule has 10 heteroatoms. The van der Waals surface area contributed by atoms with E-state index >= 15 is 0 Å². The summed E-state index contributed by atoms with van der Waals surface area (Å²) in [5.74, 6) is -0.806. The van der Waals surface area contributed by atoms with Crippen LogP contribution in [0.25, 0.3) is 5.65 Å². The lowest BCUT2D eigenvalue weighted by Crippen LogP contribution is -2.40. The summed E-state index contributed by atoms with van der Waals surface area (Å²) in [6.45, 7) is 0.868. The highest BCUT2D eigenvalue weighted by atomic mass is 19.1. The zero-order chi connectivity index (χ0) is 20.7. The predicted molar refractivity (Wildman–Crippen MR) is 103 cm³/mol. The molecule has 2 amide bonds. The highest BCUT2D eigenvalue weighted by Gasteiger charge is 2.36. The van der Waals surface area contributed by atoms with Gasteiger partial charge in [0.05, 0.1) is 18.8 Å². The molecule has 30 heavy (non-hydrogen) atoms. The van der Waals surface area contributed by atoms with E-state index in [1.165, 1.54) is 17.1 Å². The molecule has 0 saturated carbocycles. The zero-order valence-electron chi connectivity index (χ0n) is 15.9. The van der Waals surface area contributed by atoms with E-state index in [1.807, 2.05) is 0 Å². The Hall–Kier alpha value is -3.56. The number of likely N-dealkylation sites (tertiary alicyclic amines) is 1. The predicted octanol–water partition coefficient (Wildman–Crippen LogP) is 3.01. The van der Waals surface area contributed by atoms with Gasteiger partial charge in [0.1, 0.15) is 17.7 Å². The molecule has 0 bridgehead atoms. The van der Waals surface area contributed by atoms with Crippen LogP contribution in [-0.4, -0.2) is 55.9 Å². The molecule has 0 aliphatic carbocycles. The van der Waals surface area contributed by atoms with Crippen LogP contribution in [0.3, 0.4) is 0 Å². The molecular weight excluding hydrogens is 394 g/mol. The van der Waals surface area contributed by atoms with Crippen molar-refractivity contribution in [2.75, 3.05) is 13.1 Å². The second kappa shape index (κ2) is 7.36. The smallest absolute Gasteiger partial charge is 0.341 e. The van der Waals surface area contributed by atoms with Crippen molar-refractivity contribution in [1.82, 2.24) is 24.5 Å². The van der Waals surface area contributed by atoms with Gasteiger partial charge in [-0.15, -0.1) is 0 Å². The molecular formula is C20H18F2N6O2. The van der Waals surface area contributed by atoms with Crippen molar-refractivity contribution in [1.29, 1.82) is 0 Å². The molecule has 3 aromatic rings. The molecule has 1 aromatic carbocycles. The lowest BCUT2D eigenvalue weighted by atomic mass is 10.0. The van der Waals surface area contributed by atoms with Gasteiger partial charge in [-0.25, -0.2) is 23.6 Å². The average molecular weight is 412 g/mol. The van der Waals surface area contributed by atoms with Gasteiger partial charge in [-0.05, 0) is 17.7 Å². The van der Waals surface area contributed by atoms with Gasteiger partial charge in [0.2, 0.25) is 5.88 Å². The summed E-state index contributed by atoms with van der Waals surface area (Å²) in [6.07, 6.45) is 5.71. The summed E-state index contributed by atoms with van der Waals surface area (Å²) >= 11 is 0. The summed E-state index contributed by atoms with van der Waals surface area (Å²) in [4.78, 5) is 18.9. The molecule has 4 heterocycles. The Morgan fingerprint density at radius 1 is 1.13 bits per heavy atom. The van der Waals surface area contributed by atoms with E-state index < -0.39 is 17.7 Å². The number of carbonyl (C=O) groups excluding carboxylic acids is 1. The number of rotatable bonds is 3. The summed E-state index contributed by atoms with van der Waals surface area (Å²) in [5, 5.41) is 9.63. The maximum atomic E-state index is 13.6. The fourth-order valence-electron chi connectivity index (χ4n) is 3.86. The van der Waals surface area contributed by atoms with Crippen molar-refractivity contribution in [2.24, 2.45) is 5.10 Å². The standard InChI is InChI=1S/C20H18F2N6O2/c21-14-9-13(10-15(22)11-14)17-1-6-24-27(17)20(29)26-8-4-16(12-26)30-19-3-5-23-18-2-7-25-28(18)19/h2-3,5-7,9-11,16-17H,1,4,8,12H2. The number of carbonyl (C=O) groups is 1. The monoisotopic (exact) mass is 412 g/mol. The molecule has 154 valence electrons. The number of halogens is 2. The van der Waals surface area contributed by atoms with E-state index in [-0.39, 0.29) is 12.1 Å². The van der Waals surface area contributed by atoms with Gasteiger partial charge in [-0.2, -0.15) is 14.7 Å². The van der Waals surface area contributed by atoms with Crippen LogP contribution >= 0.6 is 0 Å². The number of benzene rings is 1. The minimum Gasteiger partial charge on any atom is -0.472 e. The first-order chi connectivity index (χ1) is 14.6. The van der Waals surface area contributed by atoms with E-state index in [0.717, 1.165) is 6.07 Å². The molecule has 2 unspecified atom stereocenters. The summed E-state index contributed by atoms with van der Waals surface area (Å²) in [5.41, 5.74) is 1.05. The maximum Gasteiger partial charge on any atom is 0.341 e. The highest BCUT2D eigenvalue weighted by molar-refractivity contribution is 5.78. The SMILES string of the molecule is O=C(N1CCC(Oc2ccnc3ccnn23)C1)N1N=CCC1c1cc(F)cc(F)c1. The fraction of sp³-hybridized carbons (Fsp3) is 0.300. The van der Waals surface area contributed by atoms with Crippen LogP contribution in [0.1, 0.15) is 24.4 Å². The van der Waals surface area contributed by atoms with Crippen LogP contribution < -0.4 is 4.74 Å². The van der Waals surface area contributed by atoms with Crippen molar-refractivity contribution in [3.05, 3.63) is 59.9 Å². The average Bonchev–Trinajstić information content (AvgIpc) is 3.47. The maximum absolute atomic E-state index is 13.6. The van der Waals surface area contributed by atoms with Crippen molar-refractivity contribution < 1.29 is 18.3 Å². The molecule has 8 nitrogen and oxygen atoms in total. The van der Waals surface area contributed by atoms with Gasteiger partial charge in [-0.1, -0.05) is 0 Å². The number of fused-ring (bicyclic) bond motifs is 1. The van der Waals surface area contributed by atoms with Gasteiger partial charge in [0.15, 0.2) is 5.65 Å². The molecule has 2 aromatic heterocycles.